The summed E-state index contributed by atoms with van der Waals surface area (Å²) in [6.07, 6.45) is 4.97. The van der Waals surface area contributed by atoms with Gasteiger partial charge in [-0.3, -0.25) is 9.36 Å². The summed E-state index contributed by atoms with van der Waals surface area (Å²) in [4.78, 5) is 17.0. The first-order valence-electron chi connectivity index (χ1n) is 8.34. The minimum Gasteiger partial charge on any atom is -0.398 e. The predicted molar refractivity (Wildman–Crippen MR) is 91.7 cm³/mol. The van der Waals surface area contributed by atoms with Crippen molar-refractivity contribution in [2.75, 3.05) is 26.9 Å². The Morgan fingerprint density at radius 2 is 1.52 bits per heavy atom. The molecule has 0 atom stereocenters. The Morgan fingerprint density at radius 3 is 1.96 bits per heavy atom. The summed E-state index contributed by atoms with van der Waals surface area (Å²) >= 11 is 0. The molecule has 136 valence electrons. The second-order valence-electron chi connectivity index (χ2n) is 5.08. The lowest BCUT2D eigenvalue weighted by Crippen LogP contribution is -2.33. The zero-order chi connectivity index (χ0) is 17.6. The van der Waals surface area contributed by atoms with E-state index in [9.17, 15) is 9.36 Å². The summed E-state index contributed by atoms with van der Waals surface area (Å²) in [6, 6.07) is 0. The number of oxime groups is 1. The Kier molecular flexibility index (Phi) is 13.0. The molecule has 0 bridgehead atoms. The Labute approximate surface area is 139 Å². The van der Waals surface area contributed by atoms with E-state index in [0.717, 1.165) is 38.5 Å². The maximum atomic E-state index is 13.0. The average Bonchev–Trinajstić information content (AvgIpc) is 2.53. The highest BCUT2D eigenvalue weighted by atomic mass is 31.2. The van der Waals surface area contributed by atoms with Crippen LogP contribution in [-0.4, -0.2) is 38.2 Å². The highest BCUT2D eigenvalue weighted by Crippen LogP contribution is 2.50. The van der Waals surface area contributed by atoms with Crippen molar-refractivity contribution in [2.24, 2.45) is 5.16 Å². The van der Waals surface area contributed by atoms with Gasteiger partial charge in [-0.1, -0.05) is 45.2 Å². The monoisotopic (exact) mass is 350 g/mol. The quantitative estimate of drug-likeness (QED) is 0.223. The van der Waals surface area contributed by atoms with Crippen molar-refractivity contribution in [3.8, 4) is 0 Å². The summed E-state index contributed by atoms with van der Waals surface area (Å²) in [7, 11) is -2.50. The maximum absolute atomic E-state index is 13.0. The van der Waals surface area contributed by atoms with Crippen molar-refractivity contribution >= 4 is 19.0 Å². The van der Waals surface area contributed by atoms with Crippen LogP contribution in [0.1, 0.15) is 59.3 Å². The summed E-state index contributed by atoms with van der Waals surface area (Å²) in [6.45, 7) is 6.96. The Morgan fingerprint density at radius 1 is 1.00 bits per heavy atom. The number of hydrogen-bond donors (Lipinski definition) is 1. The normalized spacial score (nSPS) is 12.3. The first-order chi connectivity index (χ1) is 11.1. The van der Waals surface area contributed by atoms with Gasteiger partial charge in [-0.15, -0.1) is 0 Å². The third kappa shape index (κ3) is 9.08. The molecule has 0 aliphatic rings. The average molecular weight is 350 g/mol. The summed E-state index contributed by atoms with van der Waals surface area (Å²) in [5.41, 5.74) is -0.316. The van der Waals surface area contributed by atoms with E-state index in [1.165, 1.54) is 7.11 Å². The van der Waals surface area contributed by atoms with Crippen molar-refractivity contribution in [3.63, 3.8) is 0 Å². The third-order valence-corrected chi connectivity index (χ3v) is 4.82. The Hall–Kier alpha value is -0.910. The molecule has 0 fully saturated rings. The molecule has 0 aliphatic carbocycles. The smallest absolute Gasteiger partial charge is 0.388 e. The molecule has 0 heterocycles. The Balaban J connectivity index is 5.09. The predicted octanol–water partition coefficient (Wildman–Crippen LogP) is 3.69. The lowest BCUT2D eigenvalue weighted by molar-refractivity contribution is -0.114. The van der Waals surface area contributed by atoms with Crippen LogP contribution in [0.3, 0.4) is 0 Å². The number of amides is 1. The summed E-state index contributed by atoms with van der Waals surface area (Å²) < 4.78 is 23.9. The first-order valence-corrected chi connectivity index (χ1v) is 9.88. The zero-order valence-corrected chi connectivity index (χ0v) is 15.7. The van der Waals surface area contributed by atoms with Crippen LogP contribution in [0.25, 0.3) is 0 Å². The molecular formula is C15H31N2O5P. The number of rotatable bonds is 14. The second kappa shape index (κ2) is 13.5. The minimum absolute atomic E-state index is 0.241. The van der Waals surface area contributed by atoms with Crippen molar-refractivity contribution in [1.29, 1.82) is 0 Å². The highest BCUT2D eigenvalue weighted by Gasteiger charge is 2.38. The van der Waals surface area contributed by atoms with Crippen molar-refractivity contribution in [1.82, 2.24) is 5.32 Å². The van der Waals surface area contributed by atoms with Gasteiger partial charge in [0.05, 0.1) is 13.2 Å². The number of hydrogen-bond acceptors (Lipinski definition) is 6. The largest absolute Gasteiger partial charge is 0.398 e. The first kappa shape index (κ1) is 22.1. The van der Waals surface area contributed by atoms with Crippen LogP contribution in [0.2, 0.25) is 0 Å². The van der Waals surface area contributed by atoms with Gasteiger partial charge < -0.3 is 19.2 Å². The van der Waals surface area contributed by atoms with Gasteiger partial charge in [0.25, 0.3) is 11.4 Å². The van der Waals surface area contributed by atoms with E-state index < -0.39 is 13.5 Å². The number of carbonyl (C=O) groups is 1. The maximum Gasteiger partial charge on any atom is 0.388 e. The topological polar surface area (TPSA) is 86.2 Å². The van der Waals surface area contributed by atoms with Gasteiger partial charge in [-0.05, 0) is 19.3 Å². The van der Waals surface area contributed by atoms with E-state index in [1.807, 2.05) is 20.8 Å². The van der Waals surface area contributed by atoms with Crippen LogP contribution >= 0.6 is 7.60 Å². The molecule has 0 aliphatic heterocycles. The molecule has 23 heavy (non-hydrogen) atoms. The van der Waals surface area contributed by atoms with Crippen LogP contribution in [0, 0.1) is 0 Å². The third-order valence-electron chi connectivity index (χ3n) is 2.97. The van der Waals surface area contributed by atoms with Crippen molar-refractivity contribution in [3.05, 3.63) is 0 Å². The fourth-order valence-corrected chi connectivity index (χ4v) is 3.15. The fourth-order valence-electron chi connectivity index (χ4n) is 1.58. The van der Waals surface area contributed by atoms with Crippen LogP contribution in [-0.2, 0) is 23.2 Å². The number of nitrogens with zero attached hydrogens (tertiary/aromatic N) is 1. The molecule has 8 heteroatoms. The van der Waals surface area contributed by atoms with E-state index in [1.54, 1.807) is 0 Å². The van der Waals surface area contributed by atoms with Gasteiger partial charge in [-0.2, -0.15) is 0 Å². The van der Waals surface area contributed by atoms with Crippen LogP contribution < -0.4 is 5.32 Å². The molecule has 0 aromatic carbocycles. The molecule has 1 N–H and O–H groups in total. The van der Waals surface area contributed by atoms with Gasteiger partial charge in [0.2, 0.25) is 0 Å². The molecule has 7 nitrogen and oxygen atoms in total. The lowest BCUT2D eigenvalue weighted by atomic mass is 10.3. The molecule has 0 spiro atoms. The van der Waals surface area contributed by atoms with Crippen molar-refractivity contribution in [2.45, 2.75) is 59.3 Å². The summed E-state index contributed by atoms with van der Waals surface area (Å²) in [5.74, 6) is -0.573. The van der Waals surface area contributed by atoms with Gasteiger partial charge >= 0.3 is 7.60 Å². The van der Waals surface area contributed by atoms with Gasteiger partial charge in [0.15, 0.2) is 0 Å². The summed E-state index contributed by atoms with van der Waals surface area (Å²) in [5, 5.41) is 6.30. The van der Waals surface area contributed by atoms with E-state index in [2.05, 4.69) is 15.3 Å². The van der Waals surface area contributed by atoms with Gasteiger partial charge in [0.1, 0.15) is 7.11 Å². The Bertz CT molecular complexity index is 387. The molecule has 0 saturated carbocycles. The molecule has 0 aromatic rings. The number of unbranched alkanes of at least 4 members (excludes halogenated alkanes) is 3. The van der Waals surface area contributed by atoms with Crippen molar-refractivity contribution < 1.29 is 23.2 Å². The molecule has 0 rings (SSSR count). The van der Waals surface area contributed by atoms with E-state index in [-0.39, 0.29) is 18.7 Å². The number of carbonyl (C=O) groups excluding carboxylic acids is 1. The van der Waals surface area contributed by atoms with Gasteiger partial charge in [0, 0.05) is 6.54 Å². The molecule has 1 amide bonds. The fraction of sp³-hybridized carbons (Fsp3) is 0.867. The molecular weight excluding hydrogens is 319 g/mol. The van der Waals surface area contributed by atoms with Crippen LogP contribution in [0.15, 0.2) is 5.16 Å². The molecule has 0 saturated heterocycles. The lowest BCUT2D eigenvalue weighted by Gasteiger charge is -2.19. The number of nitrogens with one attached hydrogen (secondary N) is 1. The standard InChI is InChI=1S/C15H31N2O5P/c1-5-8-11-16-14(18)15(17-20-4)23(19,21-12-9-6-2)22-13-10-7-3/h5-13H2,1-4H3,(H,16,18)/b17-15+. The van der Waals surface area contributed by atoms with Crippen LogP contribution in [0.4, 0.5) is 0 Å². The van der Waals surface area contributed by atoms with Crippen LogP contribution in [0.5, 0.6) is 0 Å². The van der Waals surface area contributed by atoms with E-state index >= 15 is 0 Å². The van der Waals surface area contributed by atoms with E-state index in [0.29, 0.717) is 6.54 Å². The minimum atomic E-state index is -3.80. The molecule has 0 unspecified atom stereocenters. The second-order valence-corrected chi connectivity index (χ2v) is 7.01. The van der Waals surface area contributed by atoms with E-state index in [4.69, 9.17) is 9.05 Å². The highest BCUT2D eigenvalue weighted by molar-refractivity contribution is 7.75. The zero-order valence-electron chi connectivity index (χ0n) is 14.8. The molecule has 0 aromatic heterocycles. The SMILES string of the molecule is CCCCNC(=O)/C(=N\OC)P(=O)(OCCCC)OCCCC. The van der Waals surface area contributed by atoms with Gasteiger partial charge in [-0.25, -0.2) is 0 Å². The molecule has 0 radical (unpaired) electrons.